The van der Waals surface area contributed by atoms with Crippen LogP contribution in [0.2, 0.25) is 0 Å². The Morgan fingerprint density at radius 1 is 0.829 bits per heavy atom. The van der Waals surface area contributed by atoms with E-state index in [0.717, 1.165) is 36.3 Å². The molecule has 5 rings (SSSR count). The molecule has 0 spiro atoms. The van der Waals surface area contributed by atoms with Gasteiger partial charge in [-0.05, 0) is 74.1 Å². The number of benzene rings is 4. The molecule has 2 N–H and O–H groups in total. The predicted octanol–water partition coefficient (Wildman–Crippen LogP) is 7.13. The fourth-order valence-electron chi connectivity index (χ4n) is 5.06. The molecule has 1 aliphatic rings. The van der Waals surface area contributed by atoms with Crippen molar-refractivity contribution in [3.05, 3.63) is 125 Å². The molecular formula is C35H36N4O2. The summed E-state index contributed by atoms with van der Waals surface area (Å²) in [5.74, 6) is -0.289. The van der Waals surface area contributed by atoms with E-state index >= 15 is 0 Å². The third-order valence-electron chi connectivity index (χ3n) is 7.09. The molecule has 2 amide bonds. The Kier molecular flexibility index (Phi) is 8.61. The van der Waals surface area contributed by atoms with Crippen LogP contribution in [0.15, 0.2) is 103 Å². The van der Waals surface area contributed by atoms with Crippen molar-refractivity contribution in [1.82, 2.24) is 4.90 Å². The highest BCUT2D eigenvalue weighted by Gasteiger charge is 2.30. The Hall–Kier alpha value is -4.68. The van der Waals surface area contributed by atoms with E-state index in [1.54, 1.807) is 6.07 Å². The fourth-order valence-corrected chi connectivity index (χ4v) is 5.06. The molecule has 0 saturated carbocycles. The maximum Gasteiger partial charge on any atom is 0.258 e. The largest absolute Gasteiger partial charge is 0.354 e. The quantitative estimate of drug-likeness (QED) is 0.209. The third-order valence-corrected chi connectivity index (χ3v) is 7.09. The van der Waals surface area contributed by atoms with Gasteiger partial charge in [0.15, 0.2) is 0 Å². The zero-order chi connectivity index (χ0) is 28.8. The number of fused-ring (bicyclic) bond motifs is 1. The zero-order valence-corrected chi connectivity index (χ0v) is 23.9. The number of nitrogens with zero attached hydrogens (tertiary/aromatic N) is 2. The van der Waals surface area contributed by atoms with E-state index in [0.29, 0.717) is 34.6 Å². The molecule has 0 bridgehead atoms. The average molecular weight is 545 g/mol. The van der Waals surface area contributed by atoms with Crippen molar-refractivity contribution >= 4 is 40.1 Å². The molecular weight excluding hydrogens is 508 g/mol. The van der Waals surface area contributed by atoms with Crippen LogP contribution < -0.4 is 15.5 Å². The first-order valence-corrected chi connectivity index (χ1v) is 14.1. The second-order valence-corrected chi connectivity index (χ2v) is 10.5. The molecule has 4 aromatic rings. The van der Waals surface area contributed by atoms with Crippen molar-refractivity contribution in [1.29, 1.82) is 0 Å². The average Bonchev–Trinajstić information content (AvgIpc) is 3.32. The van der Waals surface area contributed by atoms with E-state index in [2.05, 4.69) is 34.6 Å². The van der Waals surface area contributed by atoms with Crippen molar-refractivity contribution < 1.29 is 9.59 Å². The Balaban J connectivity index is 1.56. The lowest BCUT2D eigenvalue weighted by Crippen LogP contribution is -2.31. The van der Waals surface area contributed by atoms with Crippen LogP contribution in [0.5, 0.6) is 0 Å². The van der Waals surface area contributed by atoms with E-state index < -0.39 is 0 Å². The molecule has 0 saturated heterocycles. The molecule has 0 radical (unpaired) electrons. The van der Waals surface area contributed by atoms with Crippen LogP contribution in [0, 0.1) is 0 Å². The van der Waals surface area contributed by atoms with Gasteiger partial charge in [0.2, 0.25) is 0 Å². The Labute approximate surface area is 242 Å². The molecule has 6 heteroatoms. The molecule has 41 heavy (non-hydrogen) atoms. The molecule has 4 aromatic carbocycles. The van der Waals surface area contributed by atoms with Gasteiger partial charge in [0.1, 0.15) is 0 Å². The summed E-state index contributed by atoms with van der Waals surface area (Å²) in [6.07, 6.45) is 1.88. The number of carbonyl (C=O) groups is 2. The molecule has 208 valence electrons. The summed E-state index contributed by atoms with van der Waals surface area (Å²) in [7, 11) is 4.09. The molecule has 0 fully saturated rings. The second kappa shape index (κ2) is 12.7. The number of para-hydroxylation sites is 1. The van der Waals surface area contributed by atoms with E-state index in [4.69, 9.17) is 0 Å². The standard InChI is InChI=1S/C35H36N4O2/c1-4-5-22-39(29-14-10-7-11-15-29)35(41)27-18-21-31-30(23-27)32(34(40)37-31)33(26-12-8-6-9-13-26)36-28-19-16-25(17-20-28)24-38(2)3/h6-21,23,36H,4-5,22,24H2,1-3H3,(H,37,40). The molecule has 0 unspecified atom stereocenters. The van der Waals surface area contributed by atoms with Crippen LogP contribution >= 0.6 is 0 Å². The van der Waals surface area contributed by atoms with Gasteiger partial charge < -0.3 is 20.4 Å². The van der Waals surface area contributed by atoms with Gasteiger partial charge in [-0.15, -0.1) is 0 Å². The van der Waals surface area contributed by atoms with Gasteiger partial charge in [-0.25, -0.2) is 0 Å². The first kappa shape index (κ1) is 27.9. The molecule has 1 heterocycles. The zero-order valence-electron chi connectivity index (χ0n) is 23.9. The lowest BCUT2D eigenvalue weighted by atomic mass is 9.98. The number of nitrogens with one attached hydrogen (secondary N) is 2. The number of anilines is 3. The summed E-state index contributed by atoms with van der Waals surface area (Å²) in [4.78, 5) is 31.3. The van der Waals surface area contributed by atoms with Gasteiger partial charge in [-0.3, -0.25) is 9.59 Å². The number of unbranched alkanes of at least 4 members (excludes halogenated alkanes) is 1. The van der Waals surface area contributed by atoms with Crippen LogP contribution in [0.4, 0.5) is 17.1 Å². The third kappa shape index (κ3) is 6.39. The first-order chi connectivity index (χ1) is 19.9. The smallest absolute Gasteiger partial charge is 0.258 e. The summed E-state index contributed by atoms with van der Waals surface area (Å²) < 4.78 is 0. The van der Waals surface area contributed by atoms with E-state index in [1.807, 2.05) is 104 Å². The molecule has 1 aliphatic heterocycles. The summed E-state index contributed by atoms with van der Waals surface area (Å²) in [6, 6.07) is 33.3. The lowest BCUT2D eigenvalue weighted by molar-refractivity contribution is -0.110. The van der Waals surface area contributed by atoms with Crippen LogP contribution in [0.3, 0.4) is 0 Å². The van der Waals surface area contributed by atoms with Gasteiger partial charge in [-0.1, -0.05) is 74.0 Å². The topological polar surface area (TPSA) is 64.7 Å². The van der Waals surface area contributed by atoms with Crippen LogP contribution in [-0.2, 0) is 11.3 Å². The fraction of sp³-hybridized carbons (Fsp3) is 0.200. The maximum atomic E-state index is 13.9. The van der Waals surface area contributed by atoms with Crippen molar-refractivity contribution in [2.75, 3.05) is 36.2 Å². The van der Waals surface area contributed by atoms with Crippen molar-refractivity contribution in [2.45, 2.75) is 26.3 Å². The molecule has 0 aromatic heterocycles. The van der Waals surface area contributed by atoms with E-state index in [1.165, 1.54) is 5.56 Å². The Bertz CT molecular complexity index is 1540. The van der Waals surface area contributed by atoms with Crippen molar-refractivity contribution in [2.24, 2.45) is 0 Å². The minimum Gasteiger partial charge on any atom is -0.354 e. The molecule has 0 atom stereocenters. The highest BCUT2D eigenvalue weighted by atomic mass is 16.2. The highest BCUT2D eigenvalue weighted by Crippen LogP contribution is 2.38. The molecule has 0 aliphatic carbocycles. The molecule has 6 nitrogen and oxygen atoms in total. The Morgan fingerprint density at radius 3 is 2.17 bits per heavy atom. The number of rotatable bonds is 10. The van der Waals surface area contributed by atoms with Gasteiger partial charge in [0.25, 0.3) is 11.8 Å². The van der Waals surface area contributed by atoms with Gasteiger partial charge in [-0.2, -0.15) is 0 Å². The van der Waals surface area contributed by atoms with Crippen molar-refractivity contribution in [3.8, 4) is 0 Å². The number of hydrogen-bond acceptors (Lipinski definition) is 4. The number of hydrogen-bond donors (Lipinski definition) is 2. The second-order valence-electron chi connectivity index (χ2n) is 10.5. The van der Waals surface area contributed by atoms with Crippen LogP contribution in [0.1, 0.15) is 46.8 Å². The Morgan fingerprint density at radius 2 is 1.51 bits per heavy atom. The maximum absolute atomic E-state index is 13.9. The summed E-state index contributed by atoms with van der Waals surface area (Å²) in [6.45, 7) is 3.58. The lowest BCUT2D eigenvalue weighted by Gasteiger charge is -2.23. The van der Waals surface area contributed by atoms with Gasteiger partial charge in [0.05, 0.1) is 11.3 Å². The minimum absolute atomic E-state index is 0.0862. The minimum atomic E-state index is -0.203. The summed E-state index contributed by atoms with van der Waals surface area (Å²) >= 11 is 0. The predicted molar refractivity (Wildman–Crippen MR) is 169 cm³/mol. The number of amides is 2. The van der Waals surface area contributed by atoms with E-state index in [-0.39, 0.29) is 11.8 Å². The summed E-state index contributed by atoms with van der Waals surface area (Å²) in [5.41, 5.74) is 6.97. The van der Waals surface area contributed by atoms with E-state index in [9.17, 15) is 9.59 Å². The SMILES string of the molecule is CCCCN(C(=O)c1ccc2c(c1)C(=C(Nc1ccc(CN(C)C)cc1)c1ccccc1)C(=O)N2)c1ccccc1. The summed E-state index contributed by atoms with van der Waals surface area (Å²) in [5, 5.41) is 6.53. The van der Waals surface area contributed by atoms with Gasteiger partial charge >= 0.3 is 0 Å². The highest BCUT2D eigenvalue weighted by molar-refractivity contribution is 6.37. The first-order valence-electron chi connectivity index (χ1n) is 14.1. The van der Waals surface area contributed by atoms with Crippen LogP contribution in [-0.4, -0.2) is 37.4 Å². The monoisotopic (exact) mass is 544 g/mol. The van der Waals surface area contributed by atoms with Crippen molar-refractivity contribution in [3.63, 3.8) is 0 Å². The number of carbonyl (C=O) groups excluding carboxylic acids is 2. The van der Waals surface area contributed by atoms with Crippen LogP contribution in [0.25, 0.3) is 11.3 Å². The normalized spacial score (nSPS) is 13.5. The van der Waals surface area contributed by atoms with Gasteiger partial charge in [0, 0.05) is 41.3 Å².